The Morgan fingerprint density at radius 2 is 1.73 bits per heavy atom. The number of carboxylic acids is 1. The fourth-order valence-electron chi connectivity index (χ4n) is 3.48. The number of benzene rings is 2. The SMILES string of the molecule is CN(C)C(=O)Cn1c(-c2cccc(Cl)c2)c(-c2ccccc2)c2sc(C(=O)O)cc21. The van der Waals surface area contributed by atoms with Crippen LogP contribution in [0, 0.1) is 0 Å². The summed E-state index contributed by atoms with van der Waals surface area (Å²) in [7, 11) is 3.41. The van der Waals surface area contributed by atoms with Crippen molar-refractivity contribution < 1.29 is 14.7 Å². The van der Waals surface area contributed by atoms with E-state index < -0.39 is 5.97 Å². The quantitative estimate of drug-likeness (QED) is 0.449. The highest BCUT2D eigenvalue weighted by Crippen LogP contribution is 2.45. The molecule has 0 atom stereocenters. The summed E-state index contributed by atoms with van der Waals surface area (Å²) in [5, 5.41) is 10.1. The molecule has 1 N–H and O–H groups in total. The lowest BCUT2D eigenvalue weighted by atomic mass is 10.0. The van der Waals surface area contributed by atoms with Gasteiger partial charge in [0.25, 0.3) is 0 Å². The zero-order valence-corrected chi connectivity index (χ0v) is 18.0. The van der Waals surface area contributed by atoms with Gasteiger partial charge in [-0.2, -0.15) is 0 Å². The van der Waals surface area contributed by atoms with Crippen LogP contribution in [0.5, 0.6) is 0 Å². The Bertz CT molecular complexity index is 1260. The maximum atomic E-state index is 12.7. The maximum Gasteiger partial charge on any atom is 0.345 e. The number of thiophene rings is 1. The van der Waals surface area contributed by atoms with E-state index in [1.807, 2.05) is 53.1 Å². The largest absolute Gasteiger partial charge is 0.477 e. The number of carbonyl (C=O) groups is 2. The van der Waals surface area contributed by atoms with Crippen molar-refractivity contribution in [2.24, 2.45) is 0 Å². The number of likely N-dealkylation sites (N-methyl/N-ethyl adjacent to an activating group) is 1. The molecular formula is C23H19ClN2O3S. The zero-order chi connectivity index (χ0) is 21.4. The first kappa shape index (κ1) is 20.2. The second kappa shape index (κ2) is 7.97. The summed E-state index contributed by atoms with van der Waals surface area (Å²) in [4.78, 5) is 26.1. The molecule has 2 heterocycles. The van der Waals surface area contributed by atoms with E-state index in [4.69, 9.17) is 11.6 Å². The van der Waals surface area contributed by atoms with Gasteiger partial charge >= 0.3 is 5.97 Å². The molecule has 30 heavy (non-hydrogen) atoms. The smallest absolute Gasteiger partial charge is 0.345 e. The standard InChI is InChI=1S/C23H19ClN2O3S/c1-25(2)19(27)13-26-17-12-18(23(28)29)30-22(17)20(14-7-4-3-5-8-14)21(26)15-9-6-10-16(24)11-15/h3-12H,13H2,1-2H3,(H,28,29). The molecule has 0 saturated carbocycles. The summed E-state index contributed by atoms with van der Waals surface area (Å²) < 4.78 is 2.73. The molecule has 0 saturated heterocycles. The van der Waals surface area contributed by atoms with E-state index >= 15 is 0 Å². The normalized spacial score (nSPS) is 11.0. The summed E-state index contributed by atoms with van der Waals surface area (Å²) in [6.45, 7) is 0.0912. The van der Waals surface area contributed by atoms with Crippen LogP contribution < -0.4 is 0 Å². The van der Waals surface area contributed by atoms with Crippen LogP contribution in [-0.2, 0) is 11.3 Å². The molecule has 0 unspecified atom stereocenters. The van der Waals surface area contributed by atoms with Crippen molar-refractivity contribution in [1.29, 1.82) is 0 Å². The first-order chi connectivity index (χ1) is 14.4. The Balaban J connectivity index is 2.10. The predicted octanol–water partition coefficient (Wildman–Crippen LogP) is 5.48. The molecule has 0 radical (unpaired) electrons. The van der Waals surface area contributed by atoms with Crippen LogP contribution >= 0.6 is 22.9 Å². The fraction of sp³-hybridized carbons (Fsp3) is 0.130. The number of halogens is 1. The monoisotopic (exact) mass is 438 g/mol. The molecule has 0 aliphatic rings. The molecule has 2 aromatic carbocycles. The Labute approximate surface area is 182 Å². The van der Waals surface area contributed by atoms with Gasteiger partial charge in [0.05, 0.1) is 15.9 Å². The van der Waals surface area contributed by atoms with Crippen molar-refractivity contribution in [1.82, 2.24) is 9.47 Å². The van der Waals surface area contributed by atoms with E-state index in [1.54, 1.807) is 26.2 Å². The molecule has 5 nitrogen and oxygen atoms in total. The highest BCUT2D eigenvalue weighted by molar-refractivity contribution is 7.21. The number of aromatic nitrogens is 1. The number of carbonyl (C=O) groups excluding carboxylic acids is 1. The molecule has 0 bridgehead atoms. The zero-order valence-electron chi connectivity index (χ0n) is 16.4. The molecule has 0 aliphatic carbocycles. The Morgan fingerprint density at radius 3 is 2.37 bits per heavy atom. The summed E-state index contributed by atoms with van der Waals surface area (Å²) >= 11 is 7.50. The number of fused-ring (bicyclic) bond motifs is 1. The first-order valence-electron chi connectivity index (χ1n) is 9.27. The average molecular weight is 439 g/mol. The second-order valence-corrected chi connectivity index (χ2v) is 8.59. The Morgan fingerprint density at radius 1 is 1.03 bits per heavy atom. The maximum absolute atomic E-state index is 12.7. The van der Waals surface area contributed by atoms with Crippen molar-refractivity contribution in [3.63, 3.8) is 0 Å². The van der Waals surface area contributed by atoms with Gasteiger partial charge in [-0.1, -0.05) is 54.1 Å². The van der Waals surface area contributed by atoms with Crippen molar-refractivity contribution >= 4 is 45.0 Å². The van der Waals surface area contributed by atoms with Gasteiger partial charge in [0.1, 0.15) is 11.4 Å². The van der Waals surface area contributed by atoms with E-state index in [9.17, 15) is 14.7 Å². The molecule has 0 aliphatic heterocycles. The van der Waals surface area contributed by atoms with Crippen molar-refractivity contribution in [2.75, 3.05) is 14.1 Å². The number of nitrogens with zero attached hydrogens (tertiary/aromatic N) is 2. The fourth-order valence-corrected chi connectivity index (χ4v) is 4.74. The molecule has 152 valence electrons. The lowest BCUT2D eigenvalue weighted by molar-refractivity contribution is -0.129. The van der Waals surface area contributed by atoms with Crippen LogP contribution in [0.15, 0.2) is 60.7 Å². The number of hydrogen-bond acceptors (Lipinski definition) is 3. The van der Waals surface area contributed by atoms with Crippen molar-refractivity contribution in [3.8, 4) is 22.4 Å². The van der Waals surface area contributed by atoms with E-state index in [0.29, 0.717) is 5.02 Å². The van der Waals surface area contributed by atoms with E-state index in [0.717, 1.165) is 32.6 Å². The summed E-state index contributed by atoms with van der Waals surface area (Å²) in [5.74, 6) is -1.07. The van der Waals surface area contributed by atoms with Gasteiger partial charge in [-0.25, -0.2) is 4.79 Å². The third-order valence-electron chi connectivity index (χ3n) is 4.90. The van der Waals surface area contributed by atoms with Gasteiger partial charge < -0.3 is 14.6 Å². The van der Waals surface area contributed by atoms with Crippen LogP contribution in [0.3, 0.4) is 0 Å². The van der Waals surface area contributed by atoms with Crippen LogP contribution in [0.25, 0.3) is 32.6 Å². The summed E-state index contributed by atoms with van der Waals surface area (Å²) in [5.41, 5.74) is 4.29. The average Bonchev–Trinajstić information content (AvgIpc) is 3.27. The van der Waals surface area contributed by atoms with Gasteiger partial charge in [-0.05, 0) is 23.8 Å². The number of rotatable bonds is 5. The summed E-state index contributed by atoms with van der Waals surface area (Å²) in [6, 6.07) is 18.9. The van der Waals surface area contributed by atoms with Gasteiger partial charge in [-0.3, -0.25) is 4.79 Å². The molecule has 2 aromatic heterocycles. The van der Waals surface area contributed by atoms with Crippen LogP contribution in [0.1, 0.15) is 9.67 Å². The minimum absolute atomic E-state index is 0.0853. The van der Waals surface area contributed by atoms with Crippen molar-refractivity contribution in [2.45, 2.75) is 6.54 Å². The number of amides is 1. The topological polar surface area (TPSA) is 62.5 Å². The third kappa shape index (κ3) is 3.60. The first-order valence-corrected chi connectivity index (χ1v) is 10.5. The molecule has 4 rings (SSSR count). The van der Waals surface area contributed by atoms with Crippen LogP contribution in [-0.4, -0.2) is 40.5 Å². The predicted molar refractivity (Wildman–Crippen MR) is 121 cm³/mol. The second-order valence-electron chi connectivity index (χ2n) is 7.10. The van der Waals surface area contributed by atoms with Gasteiger partial charge in [0, 0.05) is 30.2 Å². The highest BCUT2D eigenvalue weighted by Gasteiger charge is 2.25. The van der Waals surface area contributed by atoms with E-state index in [-0.39, 0.29) is 17.3 Å². The van der Waals surface area contributed by atoms with E-state index in [2.05, 4.69) is 0 Å². The van der Waals surface area contributed by atoms with Gasteiger partial charge in [0.15, 0.2) is 0 Å². The Hall–Kier alpha value is -3.09. The molecule has 7 heteroatoms. The number of carboxylic acid groups (broad SMARTS) is 1. The highest BCUT2D eigenvalue weighted by atomic mass is 35.5. The number of aromatic carboxylic acids is 1. The Kier molecular flexibility index (Phi) is 5.37. The van der Waals surface area contributed by atoms with Crippen LogP contribution in [0.2, 0.25) is 5.02 Å². The van der Waals surface area contributed by atoms with Crippen LogP contribution in [0.4, 0.5) is 0 Å². The molecular weight excluding hydrogens is 420 g/mol. The lowest BCUT2D eigenvalue weighted by Crippen LogP contribution is -2.26. The van der Waals surface area contributed by atoms with Gasteiger partial charge in [0.2, 0.25) is 5.91 Å². The minimum atomic E-state index is -0.981. The lowest BCUT2D eigenvalue weighted by Gasteiger charge is -2.16. The molecule has 0 fully saturated rings. The minimum Gasteiger partial charge on any atom is -0.477 e. The molecule has 0 spiro atoms. The molecule has 1 amide bonds. The molecule has 4 aromatic rings. The van der Waals surface area contributed by atoms with Gasteiger partial charge in [-0.15, -0.1) is 11.3 Å². The van der Waals surface area contributed by atoms with Crippen molar-refractivity contribution in [3.05, 3.63) is 70.6 Å². The number of hydrogen-bond donors (Lipinski definition) is 1. The third-order valence-corrected chi connectivity index (χ3v) is 6.27. The summed E-state index contributed by atoms with van der Waals surface area (Å²) in [6.07, 6.45) is 0. The van der Waals surface area contributed by atoms with E-state index in [1.165, 1.54) is 16.2 Å².